The second-order valence-electron chi connectivity index (χ2n) is 8.20. The zero-order valence-electron chi connectivity index (χ0n) is 18.4. The quantitative estimate of drug-likeness (QED) is 0.401. The van der Waals surface area contributed by atoms with Gasteiger partial charge in [0.1, 0.15) is 5.58 Å². The molecule has 0 fully saturated rings. The van der Waals surface area contributed by atoms with Gasteiger partial charge in [-0.15, -0.1) is 0 Å². The number of benzene rings is 2. The van der Waals surface area contributed by atoms with Gasteiger partial charge >= 0.3 is 0 Å². The molecule has 2 amide bonds. The lowest BCUT2D eigenvalue weighted by Crippen LogP contribution is -2.24. The van der Waals surface area contributed by atoms with Crippen LogP contribution in [0.15, 0.2) is 69.9 Å². The number of nitrogens with one attached hydrogen (secondary N) is 2. The van der Waals surface area contributed by atoms with Crippen LogP contribution in [0.25, 0.3) is 11.0 Å². The van der Waals surface area contributed by atoms with Crippen molar-refractivity contribution in [3.8, 4) is 0 Å². The summed E-state index contributed by atoms with van der Waals surface area (Å²) in [4.78, 5) is 24.6. The van der Waals surface area contributed by atoms with Crippen molar-refractivity contribution in [2.75, 3.05) is 5.32 Å². The highest BCUT2D eigenvalue weighted by Gasteiger charge is 2.14. The number of anilines is 1. The topological polar surface area (TPSA) is 84.5 Å². The van der Waals surface area contributed by atoms with Crippen LogP contribution in [0.3, 0.4) is 0 Å². The zero-order chi connectivity index (χ0) is 22.7. The molecule has 0 saturated carbocycles. The zero-order valence-corrected chi connectivity index (χ0v) is 18.4. The number of furan rings is 2. The van der Waals surface area contributed by atoms with Crippen LogP contribution in [-0.2, 0) is 17.8 Å². The van der Waals surface area contributed by atoms with E-state index >= 15 is 0 Å². The lowest BCUT2D eigenvalue weighted by atomic mass is 9.95. The third kappa shape index (κ3) is 4.75. The summed E-state index contributed by atoms with van der Waals surface area (Å²) in [5, 5.41) is 6.71. The fourth-order valence-corrected chi connectivity index (χ4v) is 3.75. The van der Waals surface area contributed by atoms with Gasteiger partial charge in [-0.05, 0) is 65.9 Å². The molecule has 0 spiro atoms. The van der Waals surface area contributed by atoms with Crippen molar-refractivity contribution in [2.24, 2.45) is 0 Å². The van der Waals surface area contributed by atoms with Gasteiger partial charge in [-0.2, -0.15) is 0 Å². The first-order valence-corrected chi connectivity index (χ1v) is 10.6. The molecule has 164 valence electrons. The van der Waals surface area contributed by atoms with Crippen molar-refractivity contribution in [1.82, 2.24) is 5.32 Å². The molecule has 2 aromatic heterocycles. The molecule has 2 N–H and O–H groups in total. The van der Waals surface area contributed by atoms with Gasteiger partial charge < -0.3 is 19.5 Å². The molecule has 6 nitrogen and oxygen atoms in total. The molecular formula is C26H26N2O4. The Labute approximate surface area is 186 Å². The molecule has 0 atom stereocenters. The Kier molecular flexibility index (Phi) is 6.12. The molecule has 4 rings (SSSR count). The third-order valence-electron chi connectivity index (χ3n) is 5.46. The summed E-state index contributed by atoms with van der Waals surface area (Å²) in [7, 11) is 0. The van der Waals surface area contributed by atoms with Crippen LogP contribution >= 0.6 is 0 Å². The van der Waals surface area contributed by atoms with Crippen LogP contribution in [0, 0.1) is 6.92 Å². The smallest absolute Gasteiger partial charge is 0.291 e. The SMILES string of the molecule is Cc1cc2occ(CC(=O)NCc3ccc(NC(=O)c4ccco4)cc3)c2cc1C(C)C. The average Bonchev–Trinajstić information content (AvgIpc) is 3.43. The van der Waals surface area contributed by atoms with Crippen molar-refractivity contribution in [3.05, 3.63) is 89.1 Å². The minimum absolute atomic E-state index is 0.0745. The number of carbonyl (C=O) groups excluding carboxylic acids is 2. The van der Waals surface area contributed by atoms with Crippen LogP contribution in [0.4, 0.5) is 5.69 Å². The molecule has 0 radical (unpaired) electrons. The predicted molar refractivity (Wildman–Crippen MR) is 124 cm³/mol. The second-order valence-corrected chi connectivity index (χ2v) is 8.20. The van der Waals surface area contributed by atoms with E-state index in [1.54, 1.807) is 30.5 Å². The van der Waals surface area contributed by atoms with E-state index in [2.05, 4.69) is 37.5 Å². The number of rotatable bonds is 7. The van der Waals surface area contributed by atoms with Crippen molar-refractivity contribution in [1.29, 1.82) is 0 Å². The fourth-order valence-electron chi connectivity index (χ4n) is 3.75. The summed E-state index contributed by atoms with van der Waals surface area (Å²) in [5.41, 5.74) is 5.74. The van der Waals surface area contributed by atoms with Gasteiger partial charge in [0.25, 0.3) is 5.91 Å². The molecule has 32 heavy (non-hydrogen) atoms. The number of hydrogen-bond donors (Lipinski definition) is 2. The Morgan fingerprint density at radius 3 is 2.50 bits per heavy atom. The maximum absolute atomic E-state index is 12.5. The van der Waals surface area contributed by atoms with Crippen molar-refractivity contribution in [3.63, 3.8) is 0 Å². The highest BCUT2D eigenvalue weighted by atomic mass is 16.3. The van der Waals surface area contributed by atoms with E-state index in [0.29, 0.717) is 18.2 Å². The summed E-state index contributed by atoms with van der Waals surface area (Å²) in [6.07, 6.45) is 3.38. The van der Waals surface area contributed by atoms with Gasteiger partial charge in [0.05, 0.1) is 18.9 Å². The van der Waals surface area contributed by atoms with E-state index in [0.717, 1.165) is 22.1 Å². The Morgan fingerprint density at radius 2 is 1.81 bits per heavy atom. The van der Waals surface area contributed by atoms with E-state index in [1.165, 1.54) is 17.4 Å². The fraction of sp³-hybridized carbons (Fsp3) is 0.231. The van der Waals surface area contributed by atoms with Crippen LogP contribution in [0.1, 0.15) is 52.6 Å². The highest BCUT2D eigenvalue weighted by molar-refractivity contribution is 6.02. The molecule has 2 aromatic carbocycles. The summed E-state index contributed by atoms with van der Waals surface area (Å²) < 4.78 is 10.8. The molecule has 4 aromatic rings. The van der Waals surface area contributed by atoms with Crippen LogP contribution in [0.5, 0.6) is 0 Å². The Bertz CT molecular complexity index is 1240. The van der Waals surface area contributed by atoms with Gasteiger partial charge in [-0.25, -0.2) is 0 Å². The first-order valence-electron chi connectivity index (χ1n) is 10.6. The largest absolute Gasteiger partial charge is 0.464 e. The van der Waals surface area contributed by atoms with Gasteiger partial charge in [-0.3, -0.25) is 9.59 Å². The summed E-state index contributed by atoms with van der Waals surface area (Å²) >= 11 is 0. The van der Waals surface area contributed by atoms with Gasteiger partial charge in [-0.1, -0.05) is 26.0 Å². The summed E-state index contributed by atoms with van der Waals surface area (Å²) in [6.45, 7) is 6.80. The lowest BCUT2D eigenvalue weighted by molar-refractivity contribution is -0.120. The standard InChI is InChI=1S/C26H26N2O4/c1-16(2)21-13-22-19(15-32-24(22)11-17(21)3)12-25(29)27-14-18-6-8-20(9-7-18)28-26(30)23-5-4-10-31-23/h4-11,13,15-16H,12,14H2,1-3H3,(H,27,29)(H,28,30). The van der Waals surface area contributed by atoms with Gasteiger partial charge in [0.15, 0.2) is 5.76 Å². The van der Waals surface area contributed by atoms with E-state index in [-0.39, 0.29) is 24.0 Å². The normalized spacial score (nSPS) is 11.1. The van der Waals surface area contributed by atoms with E-state index in [9.17, 15) is 9.59 Å². The molecule has 0 aliphatic heterocycles. The second kappa shape index (κ2) is 9.14. The Morgan fingerprint density at radius 1 is 1.03 bits per heavy atom. The van der Waals surface area contributed by atoms with E-state index < -0.39 is 0 Å². The van der Waals surface area contributed by atoms with Crippen LogP contribution in [0.2, 0.25) is 0 Å². The monoisotopic (exact) mass is 430 g/mol. The summed E-state index contributed by atoms with van der Waals surface area (Å²) in [5.74, 6) is 0.278. The first-order chi connectivity index (χ1) is 15.4. The molecule has 2 heterocycles. The van der Waals surface area contributed by atoms with Crippen LogP contribution in [-0.4, -0.2) is 11.8 Å². The number of amides is 2. The summed E-state index contributed by atoms with van der Waals surface area (Å²) in [6, 6.07) is 14.8. The maximum Gasteiger partial charge on any atom is 0.291 e. The minimum Gasteiger partial charge on any atom is -0.464 e. The van der Waals surface area contributed by atoms with Gasteiger partial charge in [0, 0.05) is 23.2 Å². The van der Waals surface area contributed by atoms with Crippen molar-refractivity contribution >= 4 is 28.5 Å². The van der Waals surface area contributed by atoms with Crippen LogP contribution < -0.4 is 10.6 Å². The number of aryl methyl sites for hydroxylation is 1. The molecule has 0 saturated heterocycles. The highest BCUT2D eigenvalue weighted by Crippen LogP contribution is 2.29. The molecule has 6 heteroatoms. The molecule has 0 aliphatic rings. The molecular weight excluding hydrogens is 404 g/mol. The minimum atomic E-state index is -0.306. The molecule has 0 unspecified atom stereocenters. The molecule has 0 aliphatic carbocycles. The number of carbonyl (C=O) groups is 2. The maximum atomic E-state index is 12.5. The average molecular weight is 431 g/mol. The van der Waals surface area contributed by atoms with E-state index in [4.69, 9.17) is 8.83 Å². The van der Waals surface area contributed by atoms with E-state index in [1.807, 2.05) is 18.2 Å². The number of fused-ring (bicyclic) bond motifs is 1. The number of hydrogen-bond acceptors (Lipinski definition) is 4. The third-order valence-corrected chi connectivity index (χ3v) is 5.46. The lowest BCUT2D eigenvalue weighted by Gasteiger charge is -2.10. The predicted octanol–water partition coefficient (Wildman–Crippen LogP) is 5.57. The Balaban J connectivity index is 1.35. The molecule has 0 bridgehead atoms. The first kappa shape index (κ1) is 21.4. The Hall–Kier alpha value is -3.80. The van der Waals surface area contributed by atoms with Gasteiger partial charge in [0.2, 0.25) is 5.91 Å². The van der Waals surface area contributed by atoms with Crippen molar-refractivity contribution < 1.29 is 18.4 Å². The van der Waals surface area contributed by atoms with Crippen molar-refractivity contribution in [2.45, 2.75) is 39.7 Å².